The third kappa shape index (κ3) is 4.69. The molecule has 35 heavy (non-hydrogen) atoms. The standard InChI is InChI=1S/C24H25ClN6O3S/c1-30(35(32,33)18-10-3-2-4-11-18)20-12-6-5-9-17(20)15-26-22-19-16-27-31(21-13-7-8-14-34-21)23(19)29-24(25)28-22/h2-6,9-12,16,21H,7-8,13-15H2,1H3,(H,26,28,29). The van der Waals surface area contributed by atoms with Gasteiger partial charge in [-0.05, 0) is 54.6 Å². The Labute approximate surface area is 208 Å². The highest BCUT2D eigenvalue weighted by Gasteiger charge is 2.24. The predicted molar refractivity (Wildman–Crippen MR) is 135 cm³/mol. The van der Waals surface area contributed by atoms with Crippen LogP contribution in [0.25, 0.3) is 11.0 Å². The van der Waals surface area contributed by atoms with E-state index in [0.29, 0.717) is 35.7 Å². The zero-order chi connectivity index (χ0) is 24.4. The summed E-state index contributed by atoms with van der Waals surface area (Å²) in [7, 11) is -2.17. The first-order chi connectivity index (χ1) is 16.9. The van der Waals surface area contributed by atoms with Gasteiger partial charge in [-0.3, -0.25) is 4.31 Å². The Hall–Kier alpha value is -3.21. The van der Waals surface area contributed by atoms with E-state index in [4.69, 9.17) is 16.3 Å². The number of halogens is 1. The van der Waals surface area contributed by atoms with Gasteiger partial charge >= 0.3 is 0 Å². The number of para-hydroxylation sites is 1. The van der Waals surface area contributed by atoms with E-state index in [1.54, 1.807) is 54.3 Å². The normalized spacial score (nSPS) is 16.3. The highest BCUT2D eigenvalue weighted by Crippen LogP contribution is 2.30. The van der Waals surface area contributed by atoms with Gasteiger partial charge in [-0.2, -0.15) is 15.1 Å². The second kappa shape index (κ2) is 9.80. The van der Waals surface area contributed by atoms with Gasteiger partial charge in [-0.25, -0.2) is 13.1 Å². The maximum absolute atomic E-state index is 13.2. The number of hydrogen-bond donors (Lipinski definition) is 1. The van der Waals surface area contributed by atoms with Crippen LogP contribution < -0.4 is 9.62 Å². The molecular formula is C24H25ClN6O3S. The minimum Gasteiger partial charge on any atom is -0.365 e. The summed E-state index contributed by atoms with van der Waals surface area (Å²) in [6, 6.07) is 15.7. The molecule has 2 aromatic carbocycles. The summed E-state index contributed by atoms with van der Waals surface area (Å²) >= 11 is 6.25. The molecule has 5 rings (SSSR count). The zero-order valence-corrected chi connectivity index (χ0v) is 20.7. The Kier molecular flexibility index (Phi) is 6.59. The second-order valence-electron chi connectivity index (χ2n) is 8.26. The molecule has 1 aliphatic heterocycles. The van der Waals surface area contributed by atoms with Crippen LogP contribution >= 0.6 is 11.6 Å². The number of fused-ring (bicyclic) bond motifs is 1. The molecule has 1 fully saturated rings. The van der Waals surface area contributed by atoms with Crippen LogP contribution in [0, 0.1) is 0 Å². The minimum absolute atomic E-state index is 0.0922. The van der Waals surface area contributed by atoms with E-state index >= 15 is 0 Å². The molecule has 0 saturated carbocycles. The largest absolute Gasteiger partial charge is 0.365 e. The molecule has 0 aliphatic carbocycles. The number of ether oxygens (including phenoxy) is 1. The van der Waals surface area contributed by atoms with Gasteiger partial charge < -0.3 is 10.1 Å². The second-order valence-corrected chi connectivity index (χ2v) is 10.6. The number of nitrogens with zero attached hydrogens (tertiary/aromatic N) is 5. The van der Waals surface area contributed by atoms with Crippen molar-refractivity contribution in [1.82, 2.24) is 19.7 Å². The van der Waals surface area contributed by atoms with Crippen LogP contribution in [0.4, 0.5) is 11.5 Å². The summed E-state index contributed by atoms with van der Waals surface area (Å²) in [5.41, 5.74) is 1.93. The van der Waals surface area contributed by atoms with Crippen molar-refractivity contribution >= 4 is 44.2 Å². The van der Waals surface area contributed by atoms with E-state index in [-0.39, 0.29) is 16.4 Å². The third-order valence-electron chi connectivity index (χ3n) is 6.03. The van der Waals surface area contributed by atoms with Crippen molar-refractivity contribution in [1.29, 1.82) is 0 Å². The van der Waals surface area contributed by atoms with Crippen molar-refractivity contribution in [2.45, 2.75) is 36.9 Å². The van der Waals surface area contributed by atoms with Crippen molar-refractivity contribution < 1.29 is 13.2 Å². The van der Waals surface area contributed by atoms with Gasteiger partial charge in [0.25, 0.3) is 10.0 Å². The summed E-state index contributed by atoms with van der Waals surface area (Å²) < 4.78 is 35.3. The average molecular weight is 513 g/mol. The number of anilines is 2. The molecule has 1 aliphatic rings. The lowest BCUT2D eigenvalue weighted by molar-refractivity contribution is -0.0370. The predicted octanol–water partition coefficient (Wildman–Crippen LogP) is 4.62. The number of sulfonamides is 1. The molecule has 0 spiro atoms. The Bertz CT molecular complexity index is 1440. The molecule has 3 heterocycles. The summed E-state index contributed by atoms with van der Waals surface area (Å²) in [5.74, 6) is 0.519. The fraction of sp³-hybridized carbons (Fsp3) is 0.292. The molecule has 0 radical (unpaired) electrons. The van der Waals surface area contributed by atoms with Gasteiger partial charge in [-0.1, -0.05) is 36.4 Å². The van der Waals surface area contributed by atoms with Crippen molar-refractivity contribution in [2.24, 2.45) is 0 Å². The van der Waals surface area contributed by atoms with Crippen LogP contribution in [0.2, 0.25) is 5.28 Å². The minimum atomic E-state index is -3.72. The van der Waals surface area contributed by atoms with Gasteiger partial charge in [-0.15, -0.1) is 0 Å². The van der Waals surface area contributed by atoms with Crippen molar-refractivity contribution in [2.75, 3.05) is 23.3 Å². The molecule has 0 amide bonds. The number of aromatic nitrogens is 4. The summed E-state index contributed by atoms with van der Waals surface area (Å²) in [5, 5.41) is 8.59. The molecule has 1 atom stereocenters. The molecule has 4 aromatic rings. The zero-order valence-electron chi connectivity index (χ0n) is 19.1. The van der Waals surface area contributed by atoms with Gasteiger partial charge in [0.2, 0.25) is 5.28 Å². The van der Waals surface area contributed by atoms with Gasteiger partial charge in [0, 0.05) is 20.2 Å². The Morgan fingerprint density at radius 2 is 1.89 bits per heavy atom. The highest BCUT2D eigenvalue weighted by atomic mass is 35.5. The van der Waals surface area contributed by atoms with Crippen molar-refractivity contribution in [3.8, 4) is 0 Å². The monoisotopic (exact) mass is 512 g/mol. The Balaban J connectivity index is 1.43. The van der Waals surface area contributed by atoms with Crippen LogP contribution in [0.5, 0.6) is 0 Å². The molecule has 2 aromatic heterocycles. The van der Waals surface area contributed by atoms with Crippen LogP contribution in [-0.4, -0.2) is 41.8 Å². The fourth-order valence-corrected chi connectivity index (χ4v) is 5.61. The van der Waals surface area contributed by atoms with E-state index in [9.17, 15) is 8.42 Å². The molecular weight excluding hydrogens is 488 g/mol. The maximum atomic E-state index is 13.2. The smallest absolute Gasteiger partial charge is 0.264 e. The Morgan fingerprint density at radius 1 is 1.11 bits per heavy atom. The maximum Gasteiger partial charge on any atom is 0.264 e. The lowest BCUT2D eigenvalue weighted by atomic mass is 10.1. The van der Waals surface area contributed by atoms with Crippen LogP contribution in [0.15, 0.2) is 65.7 Å². The molecule has 1 saturated heterocycles. The van der Waals surface area contributed by atoms with Gasteiger partial charge in [0.15, 0.2) is 11.9 Å². The first-order valence-corrected chi connectivity index (χ1v) is 13.1. The van der Waals surface area contributed by atoms with Crippen LogP contribution in [-0.2, 0) is 21.3 Å². The average Bonchev–Trinajstić information content (AvgIpc) is 3.32. The molecule has 1 N–H and O–H groups in total. The van der Waals surface area contributed by atoms with Crippen LogP contribution in [0.1, 0.15) is 31.1 Å². The highest BCUT2D eigenvalue weighted by molar-refractivity contribution is 7.92. The number of hydrogen-bond acceptors (Lipinski definition) is 7. The molecule has 0 bridgehead atoms. The molecule has 11 heteroatoms. The van der Waals surface area contributed by atoms with Crippen molar-refractivity contribution in [3.05, 3.63) is 71.6 Å². The van der Waals surface area contributed by atoms with Crippen LogP contribution in [0.3, 0.4) is 0 Å². The first kappa shape index (κ1) is 23.5. The summed E-state index contributed by atoms with van der Waals surface area (Å²) in [6.45, 7) is 1.00. The SMILES string of the molecule is CN(c1ccccc1CNc1nc(Cl)nc2c1cnn2C1CCCCO1)S(=O)(=O)c1ccccc1. The van der Waals surface area contributed by atoms with Crippen molar-refractivity contribution in [3.63, 3.8) is 0 Å². The number of rotatable bonds is 7. The topological polar surface area (TPSA) is 102 Å². The van der Waals surface area contributed by atoms with E-state index in [0.717, 1.165) is 24.8 Å². The third-order valence-corrected chi connectivity index (χ3v) is 7.99. The quantitative estimate of drug-likeness (QED) is 0.360. The molecule has 1 unspecified atom stereocenters. The fourth-order valence-electron chi connectivity index (χ4n) is 4.19. The van der Waals surface area contributed by atoms with E-state index < -0.39 is 10.0 Å². The molecule has 182 valence electrons. The van der Waals surface area contributed by atoms with E-state index in [1.165, 1.54) is 4.31 Å². The number of nitrogens with one attached hydrogen (secondary N) is 1. The lowest BCUT2D eigenvalue weighted by Crippen LogP contribution is -2.27. The summed E-state index contributed by atoms with van der Waals surface area (Å²) in [6.07, 6.45) is 4.47. The Morgan fingerprint density at radius 3 is 2.66 bits per heavy atom. The molecule has 9 nitrogen and oxygen atoms in total. The first-order valence-electron chi connectivity index (χ1n) is 11.3. The van der Waals surface area contributed by atoms with Gasteiger partial charge in [0.1, 0.15) is 5.82 Å². The number of benzene rings is 2. The van der Waals surface area contributed by atoms with E-state index in [1.807, 2.05) is 18.2 Å². The summed E-state index contributed by atoms with van der Waals surface area (Å²) in [4.78, 5) is 8.98. The van der Waals surface area contributed by atoms with Gasteiger partial charge in [0.05, 0.1) is 22.2 Å². The van der Waals surface area contributed by atoms with E-state index in [2.05, 4.69) is 20.4 Å². The lowest BCUT2D eigenvalue weighted by Gasteiger charge is -2.23.